The molecular weight excluding hydrogens is 341 g/mol. The summed E-state index contributed by atoms with van der Waals surface area (Å²) in [4.78, 5) is 38.2. The average molecular weight is 373 g/mol. The van der Waals surface area contributed by atoms with Crippen molar-refractivity contribution in [1.29, 1.82) is 0 Å². The van der Waals surface area contributed by atoms with Gasteiger partial charge in [0, 0.05) is 13.1 Å². The normalized spacial score (nSPS) is 19.8. The van der Waals surface area contributed by atoms with Gasteiger partial charge in [-0.15, -0.1) is 0 Å². The van der Waals surface area contributed by atoms with Crippen LogP contribution in [0, 0.1) is 11.3 Å². The van der Waals surface area contributed by atoms with E-state index in [1.54, 1.807) is 0 Å². The number of halogens is 1. The van der Waals surface area contributed by atoms with Gasteiger partial charge in [-0.3, -0.25) is 19.6 Å². The van der Waals surface area contributed by atoms with Crippen LogP contribution in [0.5, 0.6) is 0 Å². The summed E-state index contributed by atoms with van der Waals surface area (Å²) < 4.78 is 14.4. The predicted octanol–water partition coefficient (Wildman–Crippen LogP) is 1.79. The van der Waals surface area contributed by atoms with Gasteiger partial charge in [0.1, 0.15) is 6.04 Å². The number of hydroxylamine groups is 1. The minimum absolute atomic E-state index is 0.0873. The van der Waals surface area contributed by atoms with Gasteiger partial charge < -0.3 is 10.2 Å². The third-order valence-electron chi connectivity index (χ3n) is 4.53. The molecule has 26 heavy (non-hydrogen) atoms. The van der Waals surface area contributed by atoms with Crippen molar-refractivity contribution in [3.05, 3.63) is 0 Å². The van der Waals surface area contributed by atoms with Crippen LogP contribution in [0.15, 0.2) is 0 Å². The lowest BCUT2D eigenvalue weighted by Crippen LogP contribution is -2.51. The van der Waals surface area contributed by atoms with Crippen molar-refractivity contribution in [2.75, 3.05) is 13.1 Å². The van der Waals surface area contributed by atoms with Crippen molar-refractivity contribution in [3.8, 4) is 0 Å². The first-order valence-electron chi connectivity index (χ1n) is 9.28. The first kappa shape index (κ1) is 22.3. The molecule has 1 aliphatic rings. The van der Waals surface area contributed by atoms with E-state index in [9.17, 15) is 18.8 Å². The lowest BCUT2D eigenvalue weighted by Gasteiger charge is -2.30. The van der Waals surface area contributed by atoms with Gasteiger partial charge in [-0.05, 0) is 24.7 Å². The van der Waals surface area contributed by atoms with Gasteiger partial charge in [-0.25, -0.2) is 9.87 Å². The van der Waals surface area contributed by atoms with E-state index in [-0.39, 0.29) is 17.7 Å². The van der Waals surface area contributed by atoms with E-state index < -0.39 is 29.9 Å². The number of amides is 3. The van der Waals surface area contributed by atoms with E-state index in [2.05, 4.69) is 5.32 Å². The van der Waals surface area contributed by atoms with E-state index in [1.165, 1.54) is 10.4 Å². The number of nitrogens with zero attached hydrogens (tertiary/aromatic N) is 1. The second-order valence-electron chi connectivity index (χ2n) is 8.09. The molecule has 0 aromatic rings. The molecule has 1 rings (SSSR count). The lowest BCUT2D eigenvalue weighted by molar-refractivity contribution is -0.149. The van der Waals surface area contributed by atoms with Gasteiger partial charge in [0.2, 0.25) is 11.8 Å². The van der Waals surface area contributed by atoms with Crippen LogP contribution < -0.4 is 10.8 Å². The minimum atomic E-state index is -2.14. The molecule has 3 atom stereocenters. The van der Waals surface area contributed by atoms with Crippen LogP contribution >= 0.6 is 0 Å². The molecule has 8 heteroatoms. The molecule has 0 aromatic heterocycles. The van der Waals surface area contributed by atoms with Crippen LogP contribution in [-0.2, 0) is 14.4 Å². The zero-order valence-corrected chi connectivity index (χ0v) is 16.2. The van der Waals surface area contributed by atoms with E-state index in [4.69, 9.17) is 5.21 Å². The molecule has 1 heterocycles. The number of rotatable bonds is 8. The SMILES string of the molecule is CCCC[C@@H](C(=O)N1CCC[C@H]1C(=O)NCC(C)(C)C)[C@H](F)C(=O)NO. The van der Waals surface area contributed by atoms with Gasteiger partial charge >= 0.3 is 0 Å². The Hall–Kier alpha value is -1.70. The molecule has 0 saturated carbocycles. The number of nitrogens with one attached hydrogen (secondary N) is 2. The van der Waals surface area contributed by atoms with Crippen LogP contribution in [0.3, 0.4) is 0 Å². The number of hydrogen-bond acceptors (Lipinski definition) is 4. The summed E-state index contributed by atoms with van der Waals surface area (Å²) in [5, 5.41) is 11.5. The van der Waals surface area contributed by atoms with E-state index in [1.807, 2.05) is 27.7 Å². The third-order valence-corrected chi connectivity index (χ3v) is 4.53. The maximum atomic E-state index is 14.4. The van der Waals surface area contributed by atoms with Crippen LogP contribution in [0.25, 0.3) is 0 Å². The van der Waals surface area contributed by atoms with Crippen molar-refractivity contribution in [3.63, 3.8) is 0 Å². The summed E-state index contributed by atoms with van der Waals surface area (Å²) in [6.07, 6.45) is 0.542. The van der Waals surface area contributed by atoms with E-state index >= 15 is 0 Å². The fraction of sp³-hybridized carbons (Fsp3) is 0.833. The minimum Gasteiger partial charge on any atom is -0.354 e. The molecule has 150 valence electrons. The van der Waals surface area contributed by atoms with E-state index in [0.717, 1.165) is 6.42 Å². The summed E-state index contributed by atoms with van der Waals surface area (Å²) in [6.45, 7) is 8.72. The number of carbonyl (C=O) groups is 3. The largest absolute Gasteiger partial charge is 0.354 e. The number of carbonyl (C=O) groups excluding carboxylic acids is 3. The molecule has 0 radical (unpaired) electrons. The van der Waals surface area contributed by atoms with Crippen molar-refractivity contribution in [1.82, 2.24) is 15.7 Å². The zero-order chi connectivity index (χ0) is 19.9. The lowest BCUT2D eigenvalue weighted by atomic mass is 9.94. The number of likely N-dealkylation sites (tertiary alicyclic amines) is 1. The molecule has 0 aliphatic carbocycles. The van der Waals surface area contributed by atoms with Gasteiger partial charge in [-0.2, -0.15) is 0 Å². The van der Waals surface area contributed by atoms with Gasteiger partial charge in [0.25, 0.3) is 5.91 Å². The Morgan fingerprint density at radius 2 is 1.96 bits per heavy atom. The zero-order valence-electron chi connectivity index (χ0n) is 16.2. The summed E-state index contributed by atoms with van der Waals surface area (Å²) in [5.41, 5.74) is 1.19. The summed E-state index contributed by atoms with van der Waals surface area (Å²) >= 11 is 0. The number of alkyl halides is 1. The van der Waals surface area contributed by atoms with Crippen LogP contribution in [0.1, 0.15) is 59.8 Å². The van der Waals surface area contributed by atoms with Crippen LogP contribution in [0.2, 0.25) is 0 Å². The standard InChI is InChI=1S/C18H32FN3O4/c1-5-6-8-12(14(19)16(24)21-26)17(25)22-10-7-9-13(22)15(23)20-11-18(2,3)4/h12-14,26H,5-11H2,1-4H3,(H,20,23)(H,21,24)/t12-,13+,14+/m1/s1. The quantitative estimate of drug-likeness (QED) is 0.446. The van der Waals surface area contributed by atoms with Gasteiger partial charge in [0.15, 0.2) is 6.17 Å². The molecule has 1 saturated heterocycles. The fourth-order valence-corrected chi connectivity index (χ4v) is 3.05. The maximum Gasteiger partial charge on any atom is 0.278 e. The Balaban J connectivity index is 2.87. The summed E-state index contributed by atoms with van der Waals surface area (Å²) in [5.74, 6) is -3.21. The first-order chi connectivity index (χ1) is 12.1. The highest BCUT2D eigenvalue weighted by molar-refractivity contribution is 5.92. The van der Waals surface area contributed by atoms with Crippen molar-refractivity contribution in [2.45, 2.75) is 72.0 Å². The highest BCUT2D eigenvalue weighted by Gasteiger charge is 2.41. The fourth-order valence-electron chi connectivity index (χ4n) is 3.05. The second-order valence-corrected chi connectivity index (χ2v) is 8.09. The second kappa shape index (κ2) is 9.85. The van der Waals surface area contributed by atoms with Crippen LogP contribution in [-0.4, -0.2) is 53.1 Å². The van der Waals surface area contributed by atoms with E-state index in [0.29, 0.717) is 32.4 Å². The Morgan fingerprint density at radius 1 is 1.31 bits per heavy atom. The molecule has 7 nitrogen and oxygen atoms in total. The monoisotopic (exact) mass is 373 g/mol. The highest BCUT2D eigenvalue weighted by Crippen LogP contribution is 2.26. The maximum absolute atomic E-state index is 14.4. The first-order valence-corrected chi connectivity index (χ1v) is 9.28. The van der Waals surface area contributed by atoms with Crippen LogP contribution in [0.4, 0.5) is 4.39 Å². The Bertz CT molecular complexity index is 507. The Kier molecular flexibility index (Phi) is 8.46. The van der Waals surface area contributed by atoms with Crippen molar-refractivity contribution < 1.29 is 24.0 Å². The number of hydrogen-bond donors (Lipinski definition) is 3. The molecule has 1 aliphatic heterocycles. The molecule has 0 unspecified atom stereocenters. The molecule has 1 fully saturated rings. The smallest absolute Gasteiger partial charge is 0.278 e. The van der Waals surface area contributed by atoms with Crippen molar-refractivity contribution >= 4 is 17.7 Å². The number of unbranched alkanes of at least 4 members (excludes halogenated alkanes) is 1. The average Bonchev–Trinajstić information content (AvgIpc) is 3.07. The molecule has 0 bridgehead atoms. The summed E-state index contributed by atoms with van der Waals surface area (Å²) in [6, 6.07) is -0.640. The van der Waals surface area contributed by atoms with Gasteiger partial charge in [0.05, 0.1) is 5.92 Å². The Morgan fingerprint density at radius 3 is 2.50 bits per heavy atom. The summed E-state index contributed by atoms with van der Waals surface area (Å²) in [7, 11) is 0. The molecular formula is C18H32FN3O4. The Labute approximate surface area is 154 Å². The van der Waals surface area contributed by atoms with Gasteiger partial charge in [-0.1, -0.05) is 40.5 Å². The molecule has 0 aromatic carbocycles. The highest BCUT2D eigenvalue weighted by atomic mass is 19.1. The molecule has 3 amide bonds. The molecule has 3 N–H and O–H groups in total. The third kappa shape index (κ3) is 6.23. The topological polar surface area (TPSA) is 98.7 Å². The predicted molar refractivity (Wildman–Crippen MR) is 95.0 cm³/mol. The molecule has 0 spiro atoms. The van der Waals surface area contributed by atoms with Crippen molar-refractivity contribution in [2.24, 2.45) is 11.3 Å².